The van der Waals surface area contributed by atoms with Crippen LogP contribution in [-0.4, -0.2) is 15.0 Å². The van der Waals surface area contributed by atoms with Crippen LogP contribution in [0.3, 0.4) is 0 Å². The molecule has 0 amide bonds. The van der Waals surface area contributed by atoms with E-state index in [1.54, 1.807) is 11.3 Å². The number of hydrogen-bond donors (Lipinski definition) is 0. The van der Waals surface area contributed by atoms with Crippen molar-refractivity contribution in [1.82, 2.24) is 15.0 Å². The van der Waals surface area contributed by atoms with Gasteiger partial charge in [0.15, 0.2) is 17.5 Å². The van der Waals surface area contributed by atoms with Crippen LogP contribution in [0, 0.1) is 0 Å². The number of rotatable bonds is 6. The minimum absolute atomic E-state index is 0.637. The molecule has 0 bridgehead atoms. The predicted molar refractivity (Wildman–Crippen MR) is 240 cm³/mol. The SMILES string of the molecule is c1ccc(-c2nc(-c3cccc(-c4c(-c5ccc(-c6ccccc6)c6ccccc56)ccc5ccccc45)c3)nc(-c3cccc4c3sc3ccccc34)n2)cc1. The van der Waals surface area contributed by atoms with Gasteiger partial charge in [0, 0.05) is 36.9 Å². The van der Waals surface area contributed by atoms with Gasteiger partial charge in [-0.2, -0.15) is 0 Å². The Balaban J connectivity index is 1.12. The lowest BCUT2D eigenvalue weighted by atomic mass is 9.86. The van der Waals surface area contributed by atoms with Gasteiger partial charge in [0.1, 0.15) is 0 Å². The Kier molecular flexibility index (Phi) is 8.01. The van der Waals surface area contributed by atoms with Gasteiger partial charge in [-0.15, -0.1) is 11.3 Å². The molecule has 3 nitrogen and oxygen atoms in total. The molecule has 57 heavy (non-hydrogen) atoms. The average Bonchev–Trinajstić information content (AvgIpc) is 3.68. The van der Waals surface area contributed by atoms with Crippen LogP contribution >= 0.6 is 11.3 Å². The highest BCUT2D eigenvalue weighted by molar-refractivity contribution is 7.26. The molecule has 0 aliphatic rings. The standard InChI is InChI=1S/C53H33N3S/c1-3-15-34(16-4-1)39-31-32-43(42-24-10-9-23-41(39)42)45-30-29-35-17-7-8-22-40(35)49(45)37-20-13-21-38(33-37)52-54-51(36-18-5-2-6-19-36)55-53(56-52)47-27-14-26-46-44-25-11-12-28-48(44)57-50(46)47/h1-33H. The lowest BCUT2D eigenvalue weighted by Gasteiger charge is -2.18. The van der Waals surface area contributed by atoms with Gasteiger partial charge in [0.2, 0.25) is 0 Å². The second-order valence-electron chi connectivity index (χ2n) is 14.3. The van der Waals surface area contributed by atoms with E-state index >= 15 is 0 Å². The van der Waals surface area contributed by atoms with Gasteiger partial charge in [-0.1, -0.05) is 182 Å². The molecule has 0 spiro atoms. The molecule has 2 aromatic heterocycles. The van der Waals surface area contributed by atoms with Gasteiger partial charge in [0.05, 0.1) is 0 Å². The van der Waals surface area contributed by atoms with Crippen LogP contribution in [0.25, 0.3) is 109 Å². The van der Waals surface area contributed by atoms with Crippen LogP contribution in [0.2, 0.25) is 0 Å². The third-order valence-corrected chi connectivity index (χ3v) is 12.2. The molecule has 266 valence electrons. The van der Waals surface area contributed by atoms with Crippen molar-refractivity contribution in [3.63, 3.8) is 0 Å². The number of aromatic nitrogens is 3. The third-order valence-electron chi connectivity index (χ3n) is 11.0. The van der Waals surface area contributed by atoms with E-state index in [9.17, 15) is 0 Å². The van der Waals surface area contributed by atoms with E-state index in [2.05, 4.69) is 182 Å². The molecule has 0 saturated heterocycles. The molecule has 0 aliphatic carbocycles. The molecule has 2 heterocycles. The Morgan fingerprint density at radius 1 is 0.298 bits per heavy atom. The maximum absolute atomic E-state index is 5.26. The van der Waals surface area contributed by atoms with Crippen LogP contribution in [0.4, 0.5) is 0 Å². The summed E-state index contributed by atoms with van der Waals surface area (Å²) < 4.78 is 2.42. The summed E-state index contributed by atoms with van der Waals surface area (Å²) in [5.74, 6) is 1.95. The summed E-state index contributed by atoms with van der Waals surface area (Å²) in [6.07, 6.45) is 0. The summed E-state index contributed by atoms with van der Waals surface area (Å²) in [7, 11) is 0. The van der Waals surface area contributed by atoms with Crippen molar-refractivity contribution >= 4 is 53.1 Å². The van der Waals surface area contributed by atoms with E-state index in [-0.39, 0.29) is 0 Å². The van der Waals surface area contributed by atoms with E-state index in [0.717, 1.165) is 22.3 Å². The Morgan fingerprint density at radius 3 is 1.65 bits per heavy atom. The van der Waals surface area contributed by atoms with E-state index in [0.29, 0.717) is 17.5 Å². The summed E-state index contributed by atoms with van der Waals surface area (Å²) >= 11 is 1.79. The minimum Gasteiger partial charge on any atom is -0.208 e. The highest BCUT2D eigenvalue weighted by Gasteiger charge is 2.19. The summed E-state index contributed by atoms with van der Waals surface area (Å²) in [6.45, 7) is 0. The fourth-order valence-corrected chi connectivity index (χ4v) is 9.50. The first-order valence-electron chi connectivity index (χ1n) is 19.2. The summed E-state index contributed by atoms with van der Waals surface area (Å²) in [4.78, 5) is 15.6. The summed E-state index contributed by atoms with van der Waals surface area (Å²) in [5, 5.41) is 7.30. The maximum Gasteiger partial charge on any atom is 0.165 e. The molecule has 0 atom stereocenters. The summed E-state index contributed by atoms with van der Waals surface area (Å²) in [6, 6.07) is 71.2. The van der Waals surface area contributed by atoms with Crippen molar-refractivity contribution in [1.29, 1.82) is 0 Å². The molecule has 0 aliphatic heterocycles. The van der Waals surface area contributed by atoms with Crippen molar-refractivity contribution in [2.24, 2.45) is 0 Å². The van der Waals surface area contributed by atoms with E-state index in [1.165, 1.54) is 69.5 Å². The van der Waals surface area contributed by atoms with Crippen LogP contribution in [0.5, 0.6) is 0 Å². The largest absolute Gasteiger partial charge is 0.208 e. The minimum atomic E-state index is 0.637. The number of benzene rings is 9. The van der Waals surface area contributed by atoms with E-state index in [4.69, 9.17) is 15.0 Å². The zero-order valence-electron chi connectivity index (χ0n) is 30.8. The zero-order chi connectivity index (χ0) is 37.7. The second-order valence-corrected chi connectivity index (χ2v) is 15.4. The molecule has 0 unspecified atom stereocenters. The quantitative estimate of drug-likeness (QED) is 0.170. The smallest absolute Gasteiger partial charge is 0.165 e. The third kappa shape index (κ3) is 5.78. The predicted octanol–water partition coefficient (Wildman–Crippen LogP) is 14.5. The van der Waals surface area contributed by atoms with Crippen molar-refractivity contribution in [3.8, 4) is 67.5 Å². The fraction of sp³-hybridized carbons (Fsp3) is 0. The molecular weight excluding hydrogens is 711 g/mol. The Labute approximate surface area is 334 Å². The van der Waals surface area contributed by atoms with Gasteiger partial charge in [-0.25, -0.2) is 15.0 Å². The van der Waals surface area contributed by atoms with Gasteiger partial charge in [-0.3, -0.25) is 0 Å². The lowest BCUT2D eigenvalue weighted by molar-refractivity contribution is 1.08. The topological polar surface area (TPSA) is 38.7 Å². The summed E-state index contributed by atoms with van der Waals surface area (Å²) in [5.41, 5.74) is 9.98. The van der Waals surface area contributed by atoms with E-state index in [1.807, 2.05) is 18.2 Å². The highest BCUT2D eigenvalue weighted by atomic mass is 32.1. The first kappa shape index (κ1) is 33.1. The molecule has 0 fully saturated rings. The maximum atomic E-state index is 5.26. The van der Waals surface area contributed by atoms with Gasteiger partial charge in [-0.05, 0) is 73.1 Å². The van der Waals surface area contributed by atoms with Crippen LogP contribution in [0.15, 0.2) is 200 Å². The Morgan fingerprint density at radius 2 is 0.842 bits per heavy atom. The van der Waals surface area contributed by atoms with Crippen molar-refractivity contribution in [2.75, 3.05) is 0 Å². The average molecular weight is 744 g/mol. The Hall–Kier alpha value is -7.27. The van der Waals surface area contributed by atoms with Crippen molar-refractivity contribution < 1.29 is 0 Å². The normalized spacial score (nSPS) is 11.5. The molecule has 4 heteroatoms. The lowest BCUT2D eigenvalue weighted by Crippen LogP contribution is -2.00. The van der Waals surface area contributed by atoms with Crippen LogP contribution in [0.1, 0.15) is 0 Å². The molecule has 0 saturated carbocycles. The fourth-order valence-electron chi connectivity index (χ4n) is 8.29. The molecule has 9 aromatic carbocycles. The monoisotopic (exact) mass is 743 g/mol. The molecule has 0 radical (unpaired) electrons. The van der Waals surface area contributed by atoms with Gasteiger partial charge >= 0.3 is 0 Å². The molecule has 0 N–H and O–H groups in total. The first-order valence-corrected chi connectivity index (χ1v) is 20.0. The van der Waals surface area contributed by atoms with Crippen molar-refractivity contribution in [3.05, 3.63) is 200 Å². The molecule has 11 aromatic rings. The van der Waals surface area contributed by atoms with E-state index < -0.39 is 0 Å². The number of fused-ring (bicyclic) bond motifs is 5. The first-order chi connectivity index (χ1) is 28.3. The van der Waals surface area contributed by atoms with Crippen LogP contribution < -0.4 is 0 Å². The second kappa shape index (κ2) is 13.8. The van der Waals surface area contributed by atoms with Crippen molar-refractivity contribution in [2.45, 2.75) is 0 Å². The number of nitrogens with zero attached hydrogens (tertiary/aromatic N) is 3. The number of thiophene rings is 1. The molecule has 11 rings (SSSR count). The Bertz CT molecular complexity index is 3300. The highest BCUT2D eigenvalue weighted by Crippen LogP contribution is 2.44. The number of hydrogen-bond acceptors (Lipinski definition) is 4. The zero-order valence-corrected chi connectivity index (χ0v) is 31.6. The van der Waals surface area contributed by atoms with Crippen LogP contribution in [-0.2, 0) is 0 Å². The molecular formula is C53H33N3S. The van der Waals surface area contributed by atoms with Gasteiger partial charge < -0.3 is 0 Å². The van der Waals surface area contributed by atoms with Gasteiger partial charge in [0.25, 0.3) is 0 Å².